The summed E-state index contributed by atoms with van der Waals surface area (Å²) >= 11 is 0. The van der Waals surface area contributed by atoms with Crippen LogP contribution in [0.15, 0.2) is 85.3 Å². The summed E-state index contributed by atoms with van der Waals surface area (Å²) in [6.07, 6.45) is 5.16. The van der Waals surface area contributed by atoms with E-state index in [0.717, 1.165) is 22.5 Å². The van der Waals surface area contributed by atoms with E-state index in [9.17, 15) is 23.3 Å². The fourth-order valence-electron chi connectivity index (χ4n) is 5.95. The molecule has 0 unspecified atom stereocenters. The lowest BCUT2D eigenvalue weighted by atomic mass is 10.1. The summed E-state index contributed by atoms with van der Waals surface area (Å²) in [6.45, 7) is 1.51. The molecule has 0 radical (unpaired) electrons. The third-order valence-electron chi connectivity index (χ3n) is 8.05. The molecule has 2 aliphatic heterocycles. The molecule has 6 rings (SSSR count). The molecule has 0 spiro atoms. The third kappa shape index (κ3) is 5.67. The molecule has 3 aromatic carbocycles. The molecule has 0 aliphatic carbocycles. The van der Waals surface area contributed by atoms with Crippen molar-refractivity contribution >= 4 is 27.5 Å². The van der Waals surface area contributed by atoms with E-state index in [0.29, 0.717) is 42.7 Å². The van der Waals surface area contributed by atoms with E-state index in [2.05, 4.69) is 16.0 Å². The SMILES string of the molecule is CS(=O)(=O)N1Cc2cc(C#N)ccc2N(Cc2cncn2CCN2C(=O)c3ccccc3C2=O)C[C@H]1Cc1ccccc1. The lowest BCUT2D eigenvalue weighted by Crippen LogP contribution is -2.45. The Kier molecular flexibility index (Phi) is 7.56. The van der Waals surface area contributed by atoms with Crippen molar-refractivity contribution in [3.8, 4) is 6.07 Å². The summed E-state index contributed by atoms with van der Waals surface area (Å²) in [4.78, 5) is 33.5. The summed E-state index contributed by atoms with van der Waals surface area (Å²) in [6, 6.07) is 23.8. The van der Waals surface area contributed by atoms with E-state index in [4.69, 9.17) is 0 Å². The minimum atomic E-state index is -3.59. The largest absolute Gasteiger partial charge is 0.364 e. The van der Waals surface area contributed by atoms with Gasteiger partial charge in [0.25, 0.3) is 11.8 Å². The van der Waals surface area contributed by atoms with Gasteiger partial charge in [-0.1, -0.05) is 42.5 Å². The number of carbonyl (C=O) groups is 2. The Balaban J connectivity index is 1.29. The van der Waals surface area contributed by atoms with Gasteiger partial charge in [-0.3, -0.25) is 14.5 Å². The van der Waals surface area contributed by atoms with Crippen molar-refractivity contribution in [3.63, 3.8) is 0 Å². The van der Waals surface area contributed by atoms with Crippen LogP contribution < -0.4 is 4.90 Å². The van der Waals surface area contributed by atoms with Crippen molar-refractivity contribution in [1.82, 2.24) is 18.8 Å². The Hall–Kier alpha value is -4.79. The molecule has 1 atom stereocenters. The fraction of sp³-hybridized carbons (Fsp3) is 0.250. The van der Waals surface area contributed by atoms with Crippen LogP contribution in [0, 0.1) is 11.3 Å². The maximum atomic E-state index is 13.1. The second-order valence-corrected chi connectivity index (χ2v) is 12.8. The second kappa shape index (κ2) is 11.5. The van der Waals surface area contributed by atoms with Crippen molar-refractivity contribution in [3.05, 3.63) is 119 Å². The first-order chi connectivity index (χ1) is 20.7. The van der Waals surface area contributed by atoms with Gasteiger partial charge in [0.1, 0.15) is 0 Å². The predicted molar refractivity (Wildman–Crippen MR) is 161 cm³/mol. The number of carbonyl (C=O) groups excluding carboxylic acids is 2. The molecule has 3 heterocycles. The van der Waals surface area contributed by atoms with E-state index in [1.165, 1.54) is 15.5 Å². The topological polar surface area (TPSA) is 120 Å². The first-order valence-corrected chi connectivity index (χ1v) is 15.8. The number of nitriles is 1. The predicted octanol–water partition coefficient (Wildman–Crippen LogP) is 3.44. The van der Waals surface area contributed by atoms with Crippen molar-refractivity contribution < 1.29 is 18.0 Å². The average molecular weight is 595 g/mol. The molecule has 1 aromatic heterocycles. The molecular weight excluding hydrogens is 564 g/mol. The first-order valence-electron chi connectivity index (χ1n) is 14.0. The minimum Gasteiger partial charge on any atom is -0.364 e. The lowest BCUT2D eigenvalue weighted by Gasteiger charge is -2.31. The summed E-state index contributed by atoms with van der Waals surface area (Å²) in [5, 5.41) is 9.58. The van der Waals surface area contributed by atoms with Gasteiger partial charge < -0.3 is 9.47 Å². The lowest BCUT2D eigenvalue weighted by molar-refractivity contribution is 0.0648. The number of hydrogen-bond donors (Lipinski definition) is 0. The number of benzene rings is 3. The first kappa shape index (κ1) is 28.3. The smallest absolute Gasteiger partial charge is 0.261 e. The number of fused-ring (bicyclic) bond motifs is 2. The maximum absolute atomic E-state index is 13.1. The van der Waals surface area contributed by atoms with Crippen LogP contribution in [0.3, 0.4) is 0 Å². The standard InChI is InChI=1S/C32H30N6O4S/c1-43(41,42)38-19-25-15-24(17-33)11-12-30(25)36(20-26(38)16-23-7-3-2-4-8-23)21-27-18-34-22-35(27)13-14-37-31(39)28-9-5-6-10-29(28)32(37)40/h2-12,15,18,22,26H,13-14,16,19-21H2,1H3/t26-/m1/s1. The van der Waals surface area contributed by atoms with Crippen molar-refractivity contribution in [2.24, 2.45) is 0 Å². The zero-order chi connectivity index (χ0) is 30.1. The number of amides is 2. The van der Waals surface area contributed by atoms with Crippen LogP contribution in [0.25, 0.3) is 0 Å². The summed E-state index contributed by atoms with van der Waals surface area (Å²) in [5.41, 5.74) is 4.74. The summed E-state index contributed by atoms with van der Waals surface area (Å²) < 4.78 is 29.6. The monoisotopic (exact) mass is 594 g/mol. The minimum absolute atomic E-state index is 0.149. The number of hydrogen-bond acceptors (Lipinski definition) is 7. The molecule has 2 amide bonds. The van der Waals surface area contributed by atoms with Gasteiger partial charge in [-0.25, -0.2) is 13.4 Å². The van der Waals surface area contributed by atoms with Crippen LogP contribution in [0.4, 0.5) is 5.69 Å². The molecule has 0 N–H and O–H groups in total. The van der Waals surface area contributed by atoms with Gasteiger partial charge in [0.05, 0.1) is 47.6 Å². The van der Waals surface area contributed by atoms with Crippen LogP contribution in [0.1, 0.15) is 43.1 Å². The Morgan fingerprint density at radius 3 is 2.33 bits per heavy atom. The summed E-state index contributed by atoms with van der Waals surface area (Å²) in [7, 11) is -3.59. The van der Waals surface area contributed by atoms with Gasteiger partial charge in [-0.2, -0.15) is 9.57 Å². The molecule has 218 valence electrons. The van der Waals surface area contributed by atoms with Gasteiger partial charge in [-0.05, 0) is 47.9 Å². The number of imide groups is 1. The van der Waals surface area contributed by atoms with Gasteiger partial charge in [0, 0.05) is 44.1 Å². The summed E-state index contributed by atoms with van der Waals surface area (Å²) in [5.74, 6) is -0.608. The average Bonchev–Trinajstić information content (AvgIpc) is 3.49. The van der Waals surface area contributed by atoms with Crippen molar-refractivity contribution in [2.45, 2.75) is 32.1 Å². The highest BCUT2D eigenvalue weighted by atomic mass is 32.2. The van der Waals surface area contributed by atoms with E-state index in [1.807, 2.05) is 41.0 Å². The van der Waals surface area contributed by atoms with E-state index < -0.39 is 10.0 Å². The number of imidazole rings is 1. The van der Waals surface area contributed by atoms with E-state index >= 15 is 0 Å². The number of nitrogens with zero attached hydrogens (tertiary/aromatic N) is 6. The van der Waals surface area contributed by atoms with Gasteiger partial charge in [0.15, 0.2) is 0 Å². The Bertz CT molecular complexity index is 1810. The highest BCUT2D eigenvalue weighted by molar-refractivity contribution is 7.88. The molecule has 11 heteroatoms. The van der Waals surface area contributed by atoms with Crippen molar-refractivity contribution in [2.75, 3.05) is 24.2 Å². The van der Waals surface area contributed by atoms with E-state index in [-0.39, 0.29) is 30.9 Å². The molecule has 10 nitrogen and oxygen atoms in total. The molecule has 43 heavy (non-hydrogen) atoms. The van der Waals surface area contributed by atoms with Crippen LogP contribution in [-0.2, 0) is 36.1 Å². The molecule has 2 aliphatic rings. The van der Waals surface area contributed by atoms with Gasteiger partial charge in [-0.15, -0.1) is 0 Å². The quantitative estimate of drug-likeness (QED) is 0.287. The molecule has 0 saturated heterocycles. The van der Waals surface area contributed by atoms with Crippen molar-refractivity contribution in [1.29, 1.82) is 5.26 Å². The highest BCUT2D eigenvalue weighted by Gasteiger charge is 2.36. The Morgan fingerprint density at radius 1 is 0.953 bits per heavy atom. The van der Waals surface area contributed by atoms with Gasteiger partial charge in [0.2, 0.25) is 10.0 Å². The second-order valence-electron chi connectivity index (χ2n) is 10.9. The van der Waals surface area contributed by atoms with Crippen LogP contribution in [0.5, 0.6) is 0 Å². The Morgan fingerprint density at radius 2 is 1.65 bits per heavy atom. The molecule has 4 aromatic rings. The van der Waals surface area contributed by atoms with Crippen LogP contribution >= 0.6 is 0 Å². The Labute approximate surface area is 250 Å². The van der Waals surface area contributed by atoms with Gasteiger partial charge >= 0.3 is 0 Å². The van der Waals surface area contributed by atoms with Crippen LogP contribution in [-0.4, -0.2) is 64.4 Å². The zero-order valence-corrected chi connectivity index (χ0v) is 24.4. The molecule has 0 saturated carbocycles. The van der Waals surface area contributed by atoms with Crippen LogP contribution in [0.2, 0.25) is 0 Å². The number of aromatic nitrogens is 2. The normalized spacial score (nSPS) is 17.0. The number of anilines is 1. The van der Waals surface area contributed by atoms with E-state index in [1.54, 1.807) is 48.9 Å². The number of rotatable bonds is 8. The zero-order valence-electron chi connectivity index (χ0n) is 23.6. The molecule has 0 bridgehead atoms. The molecular formula is C32H30N6O4S. The maximum Gasteiger partial charge on any atom is 0.261 e. The number of sulfonamides is 1. The molecule has 0 fully saturated rings. The highest BCUT2D eigenvalue weighted by Crippen LogP contribution is 2.32. The third-order valence-corrected chi connectivity index (χ3v) is 9.33. The fourth-order valence-corrected chi connectivity index (χ4v) is 7.00.